The average Bonchev–Trinajstić information content (AvgIpc) is 3.72. The number of nitrogens with zero attached hydrogens (tertiary/aromatic N) is 3. The monoisotopic (exact) mass is 583 g/mol. The second kappa shape index (κ2) is 8.71. The number of benzene rings is 6. The highest BCUT2D eigenvalue weighted by Crippen LogP contribution is 2.44. The van der Waals surface area contributed by atoms with Crippen molar-refractivity contribution in [1.29, 1.82) is 0 Å². The van der Waals surface area contributed by atoms with E-state index in [2.05, 4.69) is 132 Å². The lowest BCUT2D eigenvalue weighted by Gasteiger charge is -2.13. The molecule has 0 bridgehead atoms. The van der Waals surface area contributed by atoms with Crippen LogP contribution in [0.15, 0.2) is 127 Å². The van der Waals surface area contributed by atoms with E-state index in [1.165, 1.54) is 46.4 Å². The van der Waals surface area contributed by atoms with Crippen LogP contribution in [-0.4, -0.2) is 14.5 Å². The van der Waals surface area contributed by atoms with Crippen molar-refractivity contribution in [3.63, 3.8) is 0 Å². The minimum absolute atomic E-state index is 0.866. The molecule has 5 heteroatoms. The van der Waals surface area contributed by atoms with Crippen molar-refractivity contribution in [3.05, 3.63) is 127 Å². The molecule has 0 fully saturated rings. The fourth-order valence-electron chi connectivity index (χ4n) is 6.67. The van der Waals surface area contributed by atoms with Crippen molar-refractivity contribution < 1.29 is 0 Å². The van der Waals surface area contributed by atoms with Gasteiger partial charge in [0.15, 0.2) is 5.82 Å². The van der Waals surface area contributed by atoms with E-state index >= 15 is 0 Å². The van der Waals surface area contributed by atoms with Crippen LogP contribution < -0.4 is 0 Å². The zero-order chi connectivity index (χ0) is 28.1. The van der Waals surface area contributed by atoms with E-state index in [0.717, 1.165) is 43.8 Å². The van der Waals surface area contributed by atoms with Crippen molar-refractivity contribution >= 4 is 95.9 Å². The predicted octanol–water partition coefficient (Wildman–Crippen LogP) is 11.1. The summed E-state index contributed by atoms with van der Waals surface area (Å²) < 4.78 is 6.07. The van der Waals surface area contributed by atoms with Gasteiger partial charge in [0.1, 0.15) is 16.0 Å². The molecule has 0 unspecified atom stereocenters. The van der Waals surface area contributed by atoms with Crippen LogP contribution in [0.5, 0.6) is 0 Å². The Morgan fingerprint density at radius 3 is 2.02 bits per heavy atom. The van der Waals surface area contributed by atoms with E-state index in [-0.39, 0.29) is 0 Å². The molecule has 0 radical (unpaired) electrons. The maximum Gasteiger partial charge on any atom is 0.166 e. The van der Waals surface area contributed by atoms with Gasteiger partial charge in [0, 0.05) is 46.6 Å². The molecule has 0 aliphatic carbocycles. The zero-order valence-corrected chi connectivity index (χ0v) is 24.4. The molecular weight excluding hydrogens is 563 g/mol. The van der Waals surface area contributed by atoms with Crippen LogP contribution >= 0.6 is 22.7 Å². The molecule has 3 nitrogen and oxygen atoms in total. The Hall–Kier alpha value is -5.10. The van der Waals surface area contributed by atoms with E-state index in [1.807, 2.05) is 11.3 Å². The Balaban J connectivity index is 1.40. The summed E-state index contributed by atoms with van der Waals surface area (Å²) in [4.78, 5) is 12.0. The van der Waals surface area contributed by atoms with Crippen LogP contribution in [0.2, 0.25) is 0 Å². The predicted molar refractivity (Wildman–Crippen MR) is 185 cm³/mol. The molecule has 10 rings (SSSR count). The quantitative estimate of drug-likeness (QED) is 0.203. The fourth-order valence-corrected chi connectivity index (χ4v) is 8.90. The summed E-state index contributed by atoms with van der Waals surface area (Å²) in [5.74, 6) is 0.866. The zero-order valence-electron chi connectivity index (χ0n) is 22.8. The third kappa shape index (κ3) is 3.29. The summed E-state index contributed by atoms with van der Waals surface area (Å²) in [5.41, 5.74) is 5.25. The number of hydrogen-bond donors (Lipinski definition) is 0. The summed E-state index contributed by atoms with van der Waals surface area (Å²) in [6.07, 6.45) is 0. The van der Waals surface area contributed by atoms with Crippen molar-refractivity contribution in [1.82, 2.24) is 14.5 Å². The number of thiophene rings is 2. The Kier molecular flexibility index (Phi) is 4.75. The second-order valence-corrected chi connectivity index (χ2v) is 13.1. The molecule has 200 valence electrons. The van der Waals surface area contributed by atoms with Gasteiger partial charge >= 0.3 is 0 Å². The average molecular weight is 584 g/mol. The van der Waals surface area contributed by atoms with Gasteiger partial charge in [-0.15, -0.1) is 22.7 Å². The Bertz CT molecular complexity index is 2750. The summed E-state index contributed by atoms with van der Waals surface area (Å²) in [6.45, 7) is 0. The van der Waals surface area contributed by atoms with E-state index in [4.69, 9.17) is 9.97 Å². The molecule has 0 spiro atoms. The van der Waals surface area contributed by atoms with Gasteiger partial charge in [0.05, 0.1) is 11.0 Å². The molecule has 0 N–H and O–H groups in total. The topological polar surface area (TPSA) is 30.7 Å². The van der Waals surface area contributed by atoms with Gasteiger partial charge in [-0.3, -0.25) is 4.57 Å². The SMILES string of the molecule is c1ccc2cc3c(cc2c1)c1ccccc1n3-c1nc2sc3ccccc3c2nc1-c1cccc2c1sc1ccccc12. The summed E-state index contributed by atoms with van der Waals surface area (Å²) in [6, 6.07) is 45.7. The van der Waals surface area contributed by atoms with Gasteiger partial charge in [-0.1, -0.05) is 97.1 Å². The van der Waals surface area contributed by atoms with Crippen LogP contribution in [0.25, 0.3) is 90.3 Å². The molecule has 4 heterocycles. The smallest absolute Gasteiger partial charge is 0.166 e. The standard InChI is InChI=1S/C38H21N3S2/c1-2-11-23-21-31-29(20-22(23)10-1)24-12-3-6-17-30(24)41(31)37-34(39-35-27-14-5-8-19-33(27)43-38(35)40-37)28-16-9-15-26-25-13-4-7-18-32(25)42-36(26)28/h1-21H. The number of fused-ring (bicyclic) bond motifs is 10. The maximum atomic E-state index is 5.52. The number of hydrogen-bond acceptors (Lipinski definition) is 4. The number of rotatable bonds is 2. The van der Waals surface area contributed by atoms with Crippen molar-refractivity contribution in [3.8, 4) is 17.1 Å². The molecule has 0 aliphatic rings. The molecule has 43 heavy (non-hydrogen) atoms. The van der Waals surface area contributed by atoms with Crippen molar-refractivity contribution in [2.45, 2.75) is 0 Å². The number of aromatic nitrogens is 3. The van der Waals surface area contributed by atoms with Gasteiger partial charge < -0.3 is 0 Å². The Labute approximate surface area is 253 Å². The highest BCUT2D eigenvalue weighted by Gasteiger charge is 2.23. The van der Waals surface area contributed by atoms with Gasteiger partial charge in [-0.2, -0.15) is 0 Å². The third-order valence-corrected chi connectivity index (χ3v) is 10.9. The number of para-hydroxylation sites is 1. The lowest BCUT2D eigenvalue weighted by atomic mass is 10.1. The highest BCUT2D eigenvalue weighted by atomic mass is 32.1. The van der Waals surface area contributed by atoms with Gasteiger partial charge in [0.2, 0.25) is 0 Å². The molecule has 0 saturated heterocycles. The first-order valence-corrected chi connectivity index (χ1v) is 16.0. The molecule has 0 saturated carbocycles. The summed E-state index contributed by atoms with van der Waals surface area (Å²) in [5, 5.41) is 8.58. The normalized spacial score (nSPS) is 12.2. The first-order valence-electron chi connectivity index (χ1n) is 14.3. The van der Waals surface area contributed by atoms with E-state index < -0.39 is 0 Å². The Morgan fingerprint density at radius 2 is 1.16 bits per heavy atom. The van der Waals surface area contributed by atoms with Gasteiger partial charge in [-0.05, 0) is 41.1 Å². The fraction of sp³-hybridized carbons (Fsp3) is 0. The molecule has 6 aromatic carbocycles. The van der Waals surface area contributed by atoms with Gasteiger partial charge in [0.25, 0.3) is 0 Å². The van der Waals surface area contributed by atoms with Crippen LogP contribution in [0, 0.1) is 0 Å². The molecule has 4 aromatic heterocycles. The second-order valence-electron chi connectivity index (χ2n) is 11.0. The molecule has 10 aromatic rings. The van der Waals surface area contributed by atoms with E-state index in [0.29, 0.717) is 0 Å². The lowest BCUT2D eigenvalue weighted by molar-refractivity contribution is 1.09. The largest absolute Gasteiger partial charge is 0.292 e. The summed E-state index contributed by atoms with van der Waals surface area (Å²) >= 11 is 3.55. The van der Waals surface area contributed by atoms with Crippen LogP contribution in [0.1, 0.15) is 0 Å². The minimum atomic E-state index is 0.866. The van der Waals surface area contributed by atoms with Crippen LogP contribution in [-0.2, 0) is 0 Å². The first kappa shape index (κ1) is 23.5. The molecular formula is C38H21N3S2. The van der Waals surface area contributed by atoms with E-state index in [9.17, 15) is 0 Å². The lowest BCUT2D eigenvalue weighted by Crippen LogP contribution is -2.03. The highest BCUT2D eigenvalue weighted by molar-refractivity contribution is 7.26. The minimum Gasteiger partial charge on any atom is -0.292 e. The van der Waals surface area contributed by atoms with Gasteiger partial charge in [-0.25, -0.2) is 9.97 Å². The van der Waals surface area contributed by atoms with Crippen LogP contribution in [0.4, 0.5) is 0 Å². The summed E-state index contributed by atoms with van der Waals surface area (Å²) in [7, 11) is 0. The third-order valence-electron chi connectivity index (χ3n) is 8.61. The van der Waals surface area contributed by atoms with Crippen molar-refractivity contribution in [2.75, 3.05) is 0 Å². The molecule has 0 amide bonds. The maximum absolute atomic E-state index is 5.52. The van der Waals surface area contributed by atoms with Crippen LogP contribution in [0.3, 0.4) is 0 Å². The molecule has 0 atom stereocenters. The first-order chi connectivity index (χ1) is 21.3. The van der Waals surface area contributed by atoms with E-state index in [1.54, 1.807) is 11.3 Å². The molecule has 0 aliphatic heterocycles. The van der Waals surface area contributed by atoms with Crippen molar-refractivity contribution in [2.24, 2.45) is 0 Å². The Morgan fingerprint density at radius 1 is 0.488 bits per heavy atom.